The first-order chi connectivity index (χ1) is 7.82. The monoisotopic (exact) mass is 253 g/mol. The van der Waals surface area contributed by atoms with Crippen LogP contribution in [-0.2, 0) is 0 Å². The van der Waals surface area contributed by atoms with Crippen LogP contribution in [0.5, 0.6) is 0 Å². The zero-order valence-corrected chi connectivity index (χ0v) is 12.4. The zero-order chi connectivity index (χ0) is 13.2. The zero-order valence-electron chi connectivity index (χ0n) is 11.6. The quantitative estimate of drug-likeness (QED) is 0.657. The summed E-state index contributed by atoms with van der Waals surface area (Å²) in [4.78, 5) is 8.97. The van der Waals surface area contributed by atoms with E-state index in [9.17, 15) is 0 Å². The molecule has 0 aromatic carbocycles. The minimum atomic E-state index is 0.312. The van der Waals surface area contributed by atoms with Gasteiger partial charge in [0.2, 0.25) is 0 Å². The van der Waals surface area contributed by atoms with E-state index < -0.39 is 0 Å². The summed E-state index contributed by atoms with van der Waals surface area (Å²) in [7, 11) is 0. The molecule has 0 aliphatic heterocycles. The van der Waals surface area contributed by atoms with Crippen molar-refractivity contribution in [2.45, 2.75) is 57.7 Å². The van der Waals surface area contributed by atoms with E-state index in [1.165, 1.54) is 0 Å². The number of nitrogen functional groups attached to an aromatic ring is 1. The summed E-state index contributed by atoms with van der Waals surface area (Å²) < 4.78 is 0. The lowest BCUT2D eigenvalue weighted by molar-refractivity contribution is 0.640. The Bertz CT molecular complexity index is 388. The molecule has 1 rings (SSSR count). The largest absolute Gasteiger partial charge is 0.383 e. The highest BCUT2D eigenvalue weighted by atomic mass is 32.2. The fourth-order valence-electron chi connectivity index (χ4n) is 1.21. The van der Waals surface area contributed by atoms with Gasteiger partial charge in [-0.2, -0.15) is 0 Å². The second-order valence-electron chi connectivity index (χ2n) is 5.12. The Morgan fingerprint density at radius 2 is 1.65 bits per heavy atom. The average molecular weight is 253 g/mol. The van der Waals surface area contributed by atoms with Gasteiger partial charge in [-0.15, -0.1) is 11.8 Å². The molecule has 0 amide bonds. The van der Waals surface area contributed by atoms with Crippen LogP contribution in [0.1, 0.15) is 51.9 Å². The lowest BCUT2D eigenvalue weighted by atomic mass is 10.2. The number of rotatable bonds is 4. The number of nitrogens with two attached hydrogens (primary N) is 1. The molecule has 1 aromatic heterocycles. The maximum Gasteiger partial charge on any atom is 0.134 e. The molecule has 0 saturated carbocycles. The second-order valence-corrected chi connectivity index (χ2v) is 6.48. The van der Waals surface area contributed by atoms with Crippen molar-refractivity contribution in [3.05, 3.63) is 11.4 Å². The molecule has 2 N–H and O–H groups in total. The molecule has 0 fully saturated rings. The Morgan fingerprint density at radius 3 is 2.12 bits per heavy atom. The van der Waals surface area contributed by atoms with Gasteiger partial charge in [-0.05, 0) is 12.8 Å². The van der Waals surface area contributed by atoms with Crippen molar-refractivity contribution in [1.82, 2.24) is 9.97 Å². The molecule has 0 saturated heterocycles. The van der Waals surface area contributed by atoms with Gasteiger partial charge in [0, 0.05) is 16.7 Å². The summed E-state index contributed by atoms with van der Waals surface area (Å²) in [6.45, 7) is 12.8. The second kappa shape index (κ2) is 5.71. The van der Waals surface area contributed by atoms with Crippen LogP contribution in [0.25, 0.3) is 0 Å². The van der Waals surface area contributed by atoms with Gasteiger partial charge in [0.15, 0.2) is 0 Å². The molecule has 96 valence electrons. The lowest BCUT2D eigenvalue weighted by Crippen LogP contribution is -2.10. The third kappa shape index (κ3) is 3.60. The van der Waals surface area contributed by atoms with Crippen molar-refractivity contribution < 1.29 is 0 Å². The van der Waals surface area contributed by atoms with Gasteiger partial charge in [0.05, 0.1) is 0 Å². The molecule has 0 radical (unpaired) electrons. The number of anilines is 1. The third-order valence-electron chi connectivity index (χ3n) is 2.91. The van der Waals surface area contributed by atoms with Gasteiger partial charge in [-0.1, -0.05) is 34.6 Å². The number of thioether (sulfide) groups is 1. The first-order valence-corrected chi connectivity index (χ1v) is 7.01. The van der Waals surface area contributed by atoms with Gasteiger partial charge in [0.25, 0.3) is 0 Å². The third-order valence-corrected chi connectivity index (χ3v) is 4.45. The predicted octanol–water partition coefficient (Wildman–Crippen LogP) is 3.63. The summed E-state index contributed by atoms with van der Waals surface area (Å²) in [5.41, 5.74) is 6.95. The van der Waals surface area contributed by atoms with Crippen LogP contribution in [-0.4, -0.2) is 15.2 Å². The van der Waals surface area contributed by atoms with Crippen LogP contribution in [0.4, 0.5) is 5.82 Å². The van der Waals surface area contributed by atoms with Gasteiger partial charge in [0.1, 0.15) is 16.7 Å². The van der Waals surface area contributed by atoms with E-state index in [1.807, 2.05) is 6.92 Å². The summed E-state index contributed by atoms with van der Waals surface area (Å²) in [6, 6.07) is 0. The van der Waals surface area contributed by atoms with Crippen LogP contribution >= 0.6 is 11.8 Å². The predicted molar refractivity (Wildman–Crippen MR) is 75.4 cm³/mol. The Morgan fingerprint density at radius 1 is 1.06 bits per heavy atom. The van der Waals surface area contributed by atoms with E-state index in [-0.39, 0.29) is 0 Å². The number of hydrogen-bond acceptors (Lipinski definition) is 4. The van der Waals surface area contributed by atoms with E-state index >= 15 is 0 Å². The maximum atomic E-state index is 5.95. The van der Waals surface area contributed by atoms with Gasteiger partial charge in [-0.3, -0.25) is 0 Å². The minimum absolute atomic E-state index is 0.312. The van der Waals surface area contributed by atoms with Crippen molar-refractivity contribution in [1.29, 1.82) is 0 Å². The smallest absolute Gasteiger partial charge is 0.134 e. The number of hydrogen-bond donors (Lipinski definition) is 1. The molecule has 1 heterocycles. The van der Waals surface area contributed by atoms with Crippen molar-refractivity contribution in [3.8, 4) is 0 Å². The van der Waals surface area contributed by atoms with E-state index in [2.05, 4.69) is 44.6 Å². The van der Waals surface area contributed by atoms with Crippen molar-refractivity contribution >= 4 is 17.6 Å². The molecule has 1 aromatic rings. The van der Waals surface area contributed by atoms with Crippen molar-refractivity contribution in [2.75, 3.05) is 5.73 Å². The molecular formula is C13H23N3S. The Kier molecular flexibility index (Phi) is 4.80. The van der Waals surface area contributed by atoms with Crippen LogP contribution in [0.2, 0.25) is 0 Å². The highest BCUT2D eigenvalue weighted by Gasteiger charge is 2.16. The van der Waals surface area contributed by atoms with Crippen molar-refractivity contribution in [2.24, 2.45) is 5.92 Å². The summed E-state index contributed by atoms with van der Waals surface area (Å²) in [5, 5.41) is 1.56. The molecule has 3 nitrogen and oxygen atoms in total. The standard InChI is InChI=1S/C13H23N3S/c1-7(2)10(6)17-13-9(5)11(14)15-12(16-13)8(3)4/h7-8,10H,1-6H3,(H2,14,15,16). The fraction of sp³-hybridized carbons (Fsp3) is 0.692. The SMILES string of the molecule is Cc1c(N)nc(C(C)C)nc1SC(C)C(C)C. The molecule has 1 unspecified atom stereocenters. The Hall–Kier alpha value is -0.770. The van der Waals surface area contributed by atoms with E-state index in [1.54, 1.807) is 11.8 Å². The molecule has 0 bridgehead atoms. The van der Waals surface area contributed by atoms with Crippen molar-refractivity contribution in [3.63, 3.8) is 0 Å². The summed E-state index contributed by atoms with van der Waals surface area (Å²) >= 11 is 1.79. The first kappa shape index (κ1) is 14.3. The molecule has 0 aliphatic rings. The Labute approximate surface area is 109 Å². The van der Waals surface area contributed by atoms with Crippen LogP contribution < -0.4 is 5.73 Å². The van der Waals surface area contributed by atoms with Gasteiger partial charge >= 0.3 is 0 Å². The van der Waals surface area contributed by atoms with E-state index in [0.29, 0.717) is 22.9 Å². The van der Waals surface area contributed by atoms with Crippen LogP contribution in [0.15, 0.2) is 5.03 Å². The summed E-state index contributed by atoms with van der Waals surface area (Å²) in [6.07, 6.45) is 0. The molecular weight excluding hydrogens is 230 g/mol. The van der Waals surface area contributed by atoms with Crippen LogP contribution in [0, 0.1) is 12.8 Å². The molecule has 0 aliphatic carbocycles. The van der Waals surface area contributed by atoms with E-state index in [0.717, 1.165) is 16.4 Å². The topological polar surface area (TPSA) is 51.8 Å². The highest BCUT2D eigenvalue weighted by molar-refractivity contribution is 7.99. The molecule has 4 heteroatoms. The van der Waals surface area contributed by atoms with Gasteiger partial charge in [-0.25, -0.2) is 9.97 Å². The van der Waals surface area contributed by atoms with Gasteiger partial charge < -0.3 is 5.73 Å². The first-order valence-electron chi connectivity index (χ1n) is 6.13. The van der Waals surface area contributed by atoms with E-state index in [4.69, 9.17) is 5.73 Å². The normalized spacial score (nSPS) is 13.4. The molecule has 1 atom stereocenters. The lowest BCUT2D eigenvalue weighted by Gasteiger charge is -2.17. The highest BCUT2D eigenvalue weighted by Crippen LogP contribution is 2.31. The minimum Gasteiger partial charge on any atom is -0.383 e. The fourth-order valence-corrected chi connectivity index (χ4v) is 2.27. The number of aromatic nitrogens is 2. The maximum absolute atomic E-state index is 5.95. The van der Waals surface area contributed by atoms with Crippen LogP contribution in [0.3, 0.4) is 0 Å². The molecule has 0 spiro atoms. The molecule has 17 heavy (non-hydrogen) atoms. The summed E-state index contributed by atoms with van der Waals surface area (Å²) in [5.74, 6) is 2.39. The average Bonchev–Trinajstić information content (AvgIpc) is 2.23. The Balaban J connectivity index is 3.05. The number of nitrogens with zero attached hydrogens (tertiary/aromatic N) is 2.